The van der Waals surface area contributed by atoms with Crippen molar-refractivity contribution in [2.75, 3.05) is 0 Å². The van der Waals surface area contributed by atoms with Crippen molar-refractivity contribution in [3.05, 3.63) is 70.2 Å². The Morgan fingerprint density at radius 2 is 1.37 bits per heavy atom. The van der Waals surface area contributed by atoms with Gasteiger partial charge in [-0.15, -0.1) is 0 Å². The molecule has 0 radical (unpaired) electrons. The van der Waals surface area contributed by atoms with Crippen LogP contribution in [0.5, 0.6) is 0 Å². The van der Waals surface area contributed by atoms with E-state index < -0.39 is 5.97 Å². The minimum atomic E-state index is -0.907. The van der Waals surface area contributed by atoms with E-state index in [0.29, 0.717) is 10.6 Å². The minimum Gasteiger partial charge on any atom is -0.478 e. The molecule has 2 aromatic rings. The van der Waals surface area contributed by atoms with Crippen LogP contribution in [0.2, 0.25) is 5.02 Å². The van der Waals surface area contributed by atoms with Crippen LogP contribution in [0.1, 0.15) is 35.3 Å². The highest BCUT2D eigenvalue weighted by atomic mass is 35.5. The van der Waals surface area contributed by atoms with Gasteiger partial charge in [0, 0.05) is 10.4 Å². The number of hydrogen-bond acceptors (Lipinski definition) is 1. The van der Waals surface area contributed by atoms with Crippen molar-refractivity contribution in [2.24, 2.45) is 0 Å². The number of carbonyl (C=O) groups is 1. The highest BCUT2D eigenvalue weighted by Gasteiger charge is 2.23. The van der Waals surface area contributed by atoms with Gasteiger partial charge in [0.2, 0.25) is 0 Å². The third kappa shape index (κ3) is 2.79. The minimum absolute atomic E-state index is 0.193. The quantitative estimate of drug-likeness (QED) is 0.903. The fourth-order valence-corrected chi connectivity index (χ4v) is 2.19. The Labute approximate surface area is 117 Å². The fourth-order valence-electron chi connectivity index (χ4n) is 2.06. The lowest BCUT2D eigenvalue weighted by Crippen LogP contribution is -2.18. The summed E-state index contributed by atoms with van der Waals surface area (Å²) in [6.07, 6.45) is 0. The molecule has 0 amide bonds. The van der Waals surface area contributed by atoms with Gasteiger partial charge in [-0.25, -0.2) is 4.79 Å². The molecular formula is C16H15ClO2. The standard InChI is InChI=1S/C16H15ClO2/c1-16(2,13-7-9-14(17)10-8-13)12-5-3-11(4-6-12)15(18)19/h3-10H,1-2H3,(H,18,19). The molecule has 98 valence electrons. The molecule has 2 rings (SSSR count). The van der Waals surface area contributed by atoms with Crippen LogP contribution in [0.3, 0.4) is 0 Å². The van der Waals surface area contributed by atoms with Crippen molar-refractivity contribution in [2.45, 2.75) is 19.3 Å². The maximum Gasteiger partial charge on any atom is 0.335 e. The Bertz CT molecular complexity index is 583. The van der Waals surface area contributed by atoms with Crippen molar-refractivity contribution in [1.29, 1.82) is 0 Å². The van der Waals surface area contributed by atoms with Crippen LogP contribution in [0.25, 0.3) is 0 Å². The normalized spacial score (nSPS) is 11.3. The smallest absolute Gasteiger partial charge is 0.335 e. The SMILES string of the molecule is CC(C)(c1ccc(Cl)cc1)c1ccc(C(=O)O)cc1. The van der Waals surface area contributed by atoms with E-state index in [-0.39, 0.29) is 5.41 Å². The first-order chi connectivity index (χ1) is 8.91. The van der Waals surface area contributed by atoms with Crippen LogP contribution in [0.4, 0.5) is 0 Å². The van der Waals surface area contributed by atoms with Crippen LogP contribution in [0, 0.1) is 0 Å². The van der Waals surface area contributed by atoms with Gasteiger partial charge in [-0.1, -0.05) is 49.7 Å². The number of carboxylic acids is 1. The molecule has 2 nitrogen and oxygen atoms in total. The molecule has 0 atom stereocenters. The van der Waals surface area contributed by atoms with Crippen LogP contribution < -0.4 is 0 Å². The predicted molar refractivity (Wildman–Crippen MR) is 77.0 cm³/mol. The van der Waals surface area contributed by atoms with Gasteiger partial charge >= 0.3 is 5.97 Å². The number of hydrogen-bond donors (Lipinski definition) is 1. The van der Waals surface area contributed by atoms with Gasteiger partial charge in [0.15, 0.2) is 0 Å². The van der Waals surface area contributed by atoms with Gasteiger partial charge in [0.05, 0.1) is 5.56 Å². The average molecular weight is 275 g/mol. The van der Waals surface area contributed by atoms with E-state index in [1.165, 1.54) is 0 Å². The number of carboxylic acid groups (broad SMARTS) is 1. The van der Waals surface area contributed by atoms with Crippen molar-refractivity contribution in [1.82, 2.24) is 0 Å². The van der Waals surface area contributed by atoms with Crippen molar-refractivity contribution >= 4 is 17.6 Å². The van der Waals surface area contributed by atoms with E-state index in [1.807, 2.05) is 36.4 Å². The van der Waals surface area contributed by atoms with Crippen molar-refractivity contribution < 1.29 is 9.90 Å². The fraction of sp³-hybridized carbons (Fsp3) is 0.188. The van der Waals surface area contributed by atoms with E-state index >= 15 is 0 Å². The predicted octanol–water partition coefficient (Wildman–Crippen LogP) is 4.36. The first kappa shape index (κ1) is 13.6. The van der Waals surface area contributed by atoms with E-state index in [1.54, 1.807) is 12.1 Å². The molecule has 0 aliphatic carbocycles. The Kier molecular flexibility index (Phi) is 3.63. The second-order valence-electron chi connectivity index (χ2n) is 5.01. The van der Waals surface area contributed by atoms with Gasteiger partial charge in [0.1, 0.15) is 0 Å². The summed E-state index contributed by atoms with van der Waals surface area (Å²) >= 11 is 5.90. The maximum absolute atomic E-state index is 10.9. The Morgan fingerprint density at radius 1 is 0.947 bits per heavy atom. The first-order valence-corrected chi connectivity index (χ1v) is 6.39. The largest absolute Gasteiger partial charge is 0.478 e. The van der Waals surface area contributed by atoms with E-state index in [9.17, 15) is 4.79 Å². The molecule has 0 saturated carbocycles. The molecule has 1 N–H and O–H groups in total. The van der Waals surface area contributed by atoms with Gasteiger partial charge < -0.3 is 5.11 Å². The zero-order chi connectivity index (χ0) is 14.0. The first-order valence-electron chi connectivity index (χ1n) is 6.01. The Morgan fingerprint density at radius 3 is 1.79 bits per heavy atom. The number of halogens is 1. The molecule has 0 spiro atoms. The molecule has 0 aliphatic rings. The Balaban J connectivity index is 2.38. The summed E-state index contributed by atoms with van der Waals surface area (Å²) in [5.74, 6) is -0.907. The summed E-state index contributed by atoms with van der Waals surface area (Å²) in [4.78, 5) is 10.9. The van der Waals surface area contributed by atoms with Crippen LogP contribution in [-0.4, -0.2) is 11.1 Å². The van der Waals surface area contributed by atoms with Gasteiger partial charge in [0.25, 0.3) is 0 Å². The summed E-state index contributed by atoms with van der Waals surface area (Å²) < 4.78 is 0. The Hall–Kier alpha value is -1.80. The molecule has 0 saturated heterocycles. The second-order valence-corrected chi connectivity index (χ2v) is 5.45. The molecule has 2 aromatic carbocycles. The monoisotopic (exact) mass is 274 g/mol. The number of rotatable bonds is 3. The molecule has 3 heteroatoms. The molecule has 0 bridgehead atoms. The summed E-state index contributed by atoms with van der Waals surface area (Å²) in [5.41, 5.74) is 2.32. The third-order valence-electron chi connectivity index (χ3n) is 3.42. The van der Waals surface area contributed by atoms with Crippen LogP contribution in [-0.2, 0) is 5.41 Å². The van der Waals surface area contributed by atoms with E-state index in [2.05, 4.69) is 13.8 Å². The maximum atomic E-state index is 10.9. The lowest BCUT2D eigenvalue weighted by Gasteiger charge is -2.26. The second kappa shape index (κ2) is 5.06. The summed E-state index contributed by atoms with van der Waals surface area (Å²) in [6.45, 7) is 4.21. The van der Waals surface area contributed by atoms with Crippen LogP contribution in [0.15, 0.2) is 48.5 Å². The number of aromatic carboxylic acids is 1. The third-order valence-corrected chi connectivity index (χ3v) is 3.67. The van der Waals surface area contributed by atoms with Crippen molar-refractivity contribution in [3.8, 4) is 0 Å². The van der Waals surface area contributed by atoms with Crippen molar-refractivity contribution in [3.63, 3.8) is 0 Å². The topological polar surface area (TPSA) is 37.3 Å². The molecule has 0 fully saturated rings. The molecule has 0 aromatic heterocycles. The lowest BCUT2D eigenvalue weighted by molar-refractivity contribution is 0.0697. The van der Waals surface area contributed by atoms with Crippen LogP contribution >= 0.6 is 11.6 Å². The number of benzene rings is 2. The average Bonchev–Trinajstić information content (AvgIpc) is 2.39. The molecule has 19 heavy (non-hydrogen) atoms. The molecule has 0 aliphatic heterocycles. The van der Waals surface area contributed by atoms with Gasteiger partial charge in [-0.3, -0.25) is 0 Å². The van der Waals surface area contributed by atoms with Gasteiger partial charge in [-0.05, 0) is 35.4 Å². The summed E-state index contributed by atoms with van der Waals surface area (Å²) in [5, 5.41) is 9.62. The van der Waals surface area contributed by atoms with Gasteiger partial charge in [-0.2, -0.15) is 0 Å². The molecule has 0 heterocycles. The highest BCUT2D eigenvalue weighted by molar-refractivity contribution is 6.30. The zero-order valence-electron chi connectivity index (χ0n) is 10.9. The zero-order valence-corrected chi connectivity index (χ0v) is 11.6. The van der Waals surface area contributed by atoms with E-state index in [4.69, 9.17) is 16.7 Å². The molecule has 0 unspecified atom stereocenters. The molecular weight excluding hydrogens is 260 g/mol. The summed E-state index contributed by atoms with van der Waals surface area (Å²) in [7, 11) is 0. The van der Waals surface area contributed by atoms with E-state index in [0.717, 1.165) is 11.1 Å². The lowest BCUT2D eigenvalue weighted by atomic mass is 9.78. The highest BCUT2D eigenvalue weighted by Crippen LogP contribution is 2.32. The summed E-state index contributed by atoms with van der Waals surface area (Å²) in [6, 6.07) is 14.7.